The largest absolute Gasteiger partial charge is 0.322 e. The molecule has 12 heavy (non-hydrogen) atoms. The molecule has 0 aromatic carbocycles. The molecule has 0 atom stereocenters. The third-order valence-electron chi connectivity index (χ3n) is 1.85. The van der Waals surface area contributed by atoms with Crippen LogP contribution in [0.3, 0.4) is 0 Å². The van der Waals surface area contributed by atoms with E-state index >= 15 is 0 Å². The van der Waals surface area contributed by atoms with Gasteiger partial charge in [0.1, 0.15) is 0 Å². The molecule has 2 aromatic rings. The molecule has 3 nitrogen and oxygen atoms in total. The first-order valence-electron chi connectivity index (χ1n) is 3.72. The van der Waals surface area contributed by atoms with Crippen LogP contribution in [0.1, 0.15) is 5.69 Å². The van der Waals surface area contributed by atoms with Crippen LogP contribution in [0.5, 0.6) is 0 Å². The number of nitrogens with zero attached hydrogens (tertiary/aromatic N) is 1. The van der Waals surface area contributed by atoms with Crippen LogP contribution in [0, 0.1) is 6.92 Å². The zero-order valence-electron chi connectivity index (χ0n) is 6.66. The number of fused-ring (bicyclic) bond motifs is 1. The fourth-order valence-corrected chi connectivity index (χ4v) is 1.23. The van der Waals surface area contributed by atoms with Gasteiger partial charge in [0.25, 0.3) is 0 Å². The van der Waals surface area contributed by atoms with E-state index in [2.05, 4.69) is 9.97 Å². The van der Waals surface area contributed by atoms with Crippen LogP contribution in [0.25, 0.3) is 10.9 Å². The Kier molecular flexibility index (Phi) is 1.43. The van der Waals surface area contributed by atoms with Gasteiger partial charge in [-0.25, -0.2) is 0 Å². The highest BCUT2D eigenvalue weighted by atomic mass is 16.1. The van der Waals surface area contributed by atoms with E-state index < -0.39 is 0 Å². The fraction of sp³-hybridized carbons (Fsp3) is 0.111. The third kappa shape index (κ3) is 0.993. The molecule has 1 N–H and O–H groups in total. The first-order chi connectivity index (χ1) is 5.77. The van der Waals surface area contributed by atoms with E-state index in [9.17, 15) is 4.79 Å². The van der Waals surface area contributed by atoms with Crippen LogP contribution in [-0.4, -0.2) is 9.97 Å². The van der Waals surface area contributed by atoms with Gasteiger partial charge >= 0.3 is 0 Å². The minimum Gasteiger partial charge on any atom is -0.322 e. The van der Waals surface area contributed by atoms with E-state index in [0.717, 1.165) is 16.6 Å². The fourth-order valence-electron chi connectivity index (χ4n) is 1.23. The molecule has 0 saturated heterocycles. The summed E-state index contributed by atoms with van der Waals surface area (Å²) in [6.07, 6.45) is 1.69. The maximum Gasteiger partial charge on any atom is 0.248 e. The molecule has 0 unspecified atom stereocenters. The number of rotatable bonds is 0. The molecule has 0 radical (unpaired) electrons. The summed E-state index contributed by atoms with van der Waals surface area (Å²) in [6, 6.07) is 5.09. The monoisotopic (exact) mass is 160 g/mol. The average Bonchev–Trinajstić information content (AvgIpc) is 2.04. The van der Waals surface area contributed by atoms with Crippen LogP contribution in [0.2, 0.25) is 0 Å². The maximum absolute atomic E-state index is 10.9. The summed E-state index contributed by atoms with van der Waals surface area (Å²) in [6.45, 7) is 1.92. The Hall–Kier alpha value is -1.64. The van der Waals surface area contributed by atoms with Crippen LogP contribution >= 0.6 is 0 Å². The number of aryl methyl sites for hydroxylation is 1. The second-order valence-electron chi connectivity index (χ2n) is 2.68. The van der Waals surface area contributed by atoms with Gasteiger partial charge in [0, 0.05) is 23.3 Å². The summed E-state index contributed by atoms with van der Waals surface area (Å²) < 4.78 is 0. The molecule has 2 heterocycles. The van der Waals surface area contributed by atoms with E-state index in [0.29, 0.717) is 0 Å². The minimum atomic E-state index is -0.0758. The number of H-pyrrole nitrogens is 1. The molecule has 0 saturated carbocycles. The Morgan fingerprint density at radius 1 is 1.33 bits per heavy atom. The molecule has 0 fully saturated rings. The lowest BCUT2D eigenvalue weighted by Crippen LogP contribution is -2.02. The van der Waals surface area contributed by atoms with Gasteiger partial charge in [-0.05, 0) is 19.1 Å². The van der Waals surface area contributed by atoms with Gasteiger partial charge in [0.15, 0.2) is 0 Å². The molecule has 0 aliphatic heterocycles. The summed E-state index contributed by atoms with van der Waals surface area (Å²) in [5, 5.41) is 0.997. The standard InChI is InChI=1S/C9H8N2O/c1-6-7-2-3-9(12)11-8(7)4-5-10-6/h2-5H,1H3,(H,11,12). The Balaban J connectivity index is 2.96. The molecule has 2 rings (SSSR count). The summed E-state index contributed by atoms with van der Waals surface area (Å²) >= 11 is 0. The van der Waals surface area contributed by atoms with Crippen LogP contribution in [0.4, 0.5) is 0 Å². The van der Waals surface area contributed by atoms with Crippen molar-refractivity contribution >= 4 is 10.9 Å². The summed E-state index contributed by atoms with van der Waals surface area (Å²) in [4.78, 5) is 17.8. The molecular weight excluding hydrogens is 152 g/mol. The van der Waals surface area contributed by atoms with Gasteiger partial charge in [-0.1, -0.05) is 0 Å². The summed E-state index contributed by atoms with van der Waals surface area (Å²) in [7, 11) is 0. The summed E-state index contributed by atoms with van der Waals surface area (Å²) in [5.74, 6) is 0. The molecule has 3 heteroatoms. The van der Waals surface area contributed by atoms with Crippen molar-refractivity contribution in [2.45, 2.75) is 6.92 Å². The second-order valence-corrected chi connectivity index (χ2v) is 2.68. The summed E-state index contributed by atoms with van der Waals surface area (Å²) in [5.41, 5.74) is 1.70. The Morgan fingerprint density at radius 2 is 2.17 bits per heavy atom. The highest BCUT2D eigenvalue weighted by molar-refractivity contribution is 5.79. The third-order valence-corrected chi connectivity index (χ3v) is 1.85. The molecule has 0 amide bonds. The Labute approximate surface area is 69.1 Å². The van der Waals surface area contributed by atoms with Crippen molar-refractivity contribution in [3.05, 3.63) is 40.4 Å². The van der Waals surface area contributed by atoms with Crippen molar-refractivity contribution in [3.8, 4) is 0 Å². The Bertz CT molecular complexity index is 473. The number of nitrogens with one attached hydrogen (secondary N) is 1. The molecule has 0 bridgehead atoms. The second kappa shape index (κ2) is 2.44. The predicted octanol–water partition coefficient (Wildman–Crippen LogP) is 1.23. The number of hydrogen-bond acceptors (Lipinski definition) is 2. The van der Waals surface area contributed by atoms with Gasteiger partial charge < -0.3 is 4.98 Å². The first kappa shape index (κ1) is 7.03. The smallest absolute Gasteiger partial charge is 0.248 e. The predicted molar refractivity (Wildman–Crippen MR) is 47.1 cm³/mol. The van der Waals surface area contributed by atoms with Gasteiger partial charge in [0.05, 0.1) is 5.52 Å². The van der Waals surface area contributed by atoms with Crippen molar-refractivity contribution in [1.82, 2.24) is 9.97 Å². The van der Waals surface area contributed by atoms with E-state index in [1.165, 1.54) is 6.07 Å². The van der Waals surface area contributed by atoms with E-state index in [4.69, 9.17) is 0 Å². The number of hydrogen-bond donors (Lipinski definition) is 1. The van der Waals surface area contributed by atoms with Crippen molar-refractivity contribution in [3.63, 3.8) is 0 Å². The number of pyridine rings is 2. The van der Waals surface area contributed by atoms with E-state index in [1.807, 2.05) is 6.92 Å². The molecule has 60 valence electrons. The lowest BCUT2D eigenvalue weighted by Gasteiger charge is -1.98. The van der Waals surface area contributed by atoms with Crippen LogP contribution in [0.15, 0.2) is 29.2 Å². The number of aromatic nitrogens is 2. The lowest BCUT2D eigenvalue weighted by molar-refractivity contribution is 1.21. The zero-order chi connectivity index (χ0) is 8.55. The molecule has 0 aliphatic carbocycles. The molecular formula is C9H8N2O. The quantitative estimate of drug-likeness (QED) is 0.630. The van der Waals surface area contributed by atoms with Crippen molar-refractivity contribution in [1.29, 1.82) is 0 Å². The highest BCUT2D eigenvalue weighted by Crippen LogP contribution is 2.10. The maximum atomic E-state index is 10.9. The SMILES string of the molecule is Cc1nccc2[nH]c(=O)ccc12. The van der Waals surface area contributed by atoms with Gasteiger partial charge in [-0.3, -0.25) is 9.78 Å². The lowest BCUT2D eigenvalue weighted by atomic mass is 10.2. The normalized spacial score (nSPS) is 10.4. The van der Waals surface area contributed by atoms with Crippen molar-refractivity contribution < 1.29 is 0 Å². The van der Waals surface area contributed by atoms with Crippen LogP contribution < -0.4 is 5.56 Å². The van der Waals surface area contributed by atoms with Crippen molar-refractivity contribution in [2.75, 3.05) is 0 Å². The molecule has 0 aliphatic rings. The van der Waals surface area contributed by atoms with Gasteiger partial charge in [0.2, 0.25) is 5.56 Å². The van der Waals surface area contributed by atoms with E-state index in [1.54, 1.807) is 18.3 Å². The van der Waals surface area contributed by atoms with Gasteiger partial charge in [-0.2, -0.15) is 0 Å². The topological polar surface area (TPSA) is 45.8 Å². The van der Waals surface area contributed by atoms with Crippen molar-refractivity contribution in [2.24, 2.45) is 0 Å². The zero-order valence-corrected chi connectivity index (χ0v) is 6.66. The highest BCUT2D eigenvalue weighted by Gasteiger charge is 1.96. The molecule has 2 aromatic heterocycles. The van der Waals surface area contributed by atoms with Gasteiger partial charge in [-0.15, -0.1) is 0 Å². The Morgan fingerprint density at radius 3 is 3.00 bits per heavy atom. The van der Waals surface area contributed by atoms with Crippen LogP contribution in [-0.2, 0) is 0 Å². The number of aromatic amines is 1. The first-order valence-corrected chi connectivity index (χ1v) is 3.72. The average molecular weight is 160 g/mol. The minimum absolute atomic E-state index is 0.0758. The van der Waals surface area contributed by atoms with E-state index in [-0.39, 0.29) is 5.56 Å². The molecule has 0 spiro atoms.